The molecule has 3 rings (SSSR count). The van der Waals surface area contributed by atoms with Gasteiger partial charge in [-0.3, -0.25) is 6.08 Å². The van der Waals surface area contributed by atoms with E-state index in [1.165, 1.54) is 24.6 Å². The third kappa shape index (κ3) is 20.4. The average molecular weight is 458 g/mol. The molecule has 2 aromatic rings. The number of carbonyl (C=O) groups is 2. The van der Waals surface area contributed by atoms with Gasteiger partial charge >= 0.3 is 50.4 Å². The van der Waals surface area contributed by atoms with Crippen LogP contribution in [0.1, 0.15) is 20.3 Å². The molecule has 0 radical (unpaired) electrons. The van der Waals surface area contributed by atoms with Crippen molar-refractivity contribution in [2.24, 2.45) is 0 Å². The maximum absolute atomic E-state index is 9.60. The van der Waals surface area contributed by atoms with Crippen molar-refractivity contribution < 1.29 is 39.0 Å². The third-order valence-corrected chi connectivity index (χ3v) is 2.86. The first-order valence-electron chi connectivity index (χ1n) is 9.10. The molecule has 1 aliphatic rings. The summed E-state index contributed by atoms with van der Waals surface area (Å²) in [6.45, 7) is 13.7. The van der Waals surface area contributed by atoms with Gasteiger partial charge in [0.25, 0.3) is 0 Å². The van der Waals surface area contributed by atoms with Crippen LogP contribution in [-0.2, 0) is 28.8 Å². The summed E-state index contributed by atoms with van der Waals surface area (Å²) in [5.41, 5.74) is 0.352. The molecule has 0 bridgehead atoms. The van der Waals surface area contributed by atoms with E-state index in [-0.39, 0.29) is 17.3 Å². The van der Waals surface area contributed by atoms with Gasteiger partial charge in [0.05, 0.1) is 0 Å². The van der Waals surface area contributed by atoms with Crippen LogP contribution in [0.4, 0.5) is 0 Å². The van der Waals surface area contributed by atoms with Crippen LogP contribution < -0.4 is 0 Å². The van der Waals surface area contributed by atoms with E-state index in [1.807, 2.05) is 12.2 Å². The minimum absolute atomic E-state index is 0.120. The minimum atomic E-state index is -0.935. The molecule has 0 spiro atoms. The van der Waals surface area contributed by atoms with Crippen LogP contribution in [0.25, 0.3) is 10.8 Å². The average Bonchev–Trinajstić information content (AvgIpc) is 3.37. The van der Waals surface area contributed by atoms with Gasteiger partial charge in [-0.15, -0.1) is 36.1 Å². The fraction of sp³-hybridized carbons (Fsp3) is 0.208. The van der Waals surface area contributed by atoms with Gasteiger partial charge in [0.1, 0.15) is 0 Å². The Hall–Kier alpha value is -2.34. The zero-order valence-electron chi connectivity index (χ0n) is 18.1. The second-order valence-electron chi connectivity index (χ2n) is 6.33. The van der Waals surface area contributed by atoms with Crippen molar-refractivity contribution in [3.8, 4) is 0 Å². The predicted octanol–water partition coefficient (Wildman–Crippen LogP) is 5.94. The largest absolute Gasteiger partial charge is 0.273 e. The zero-order valence-corrected chi connectivity index (χ0v) is 20.7. The molecule has 0 atom stereocenters. The molecule has 2 aromatic carbocycles. The number of allylic oxidation sites excluding steroid dienone is 4. The first-order chi connectivity index (χ1) is 14.0. The van der Waals surface area contributed by atoms with E-state index in [0.29, 0.717) is 0 Å². The fourth-order valence-electron chi connectivity index (χ4n) is 1.41. The molecule has 1 aliphatic carbocycles. The molecular formula is C24H30O4SiTi. The summed E-state index contributed by atoms with van der Waals surface area (Å²) in [6.07, 6.45) is 10.1. The smallest absolute Gasteiger partial charge is 0.0809 e. The Labute approximate surface area is 191 Å². The molecule has 0 heterocycles. The van der Waals surface area contributed by atoms with Gasteiger partial charge in [-0.25, -0.2) is 21.7 Å². The van der Waals surface area contributed by atoms with E-state index >= 15 is 0 Å². The van der Waals surface area contributed by atoms with Crippen molar-refractivity contribution in [2.75, 3.05) is 0 Å². The van der Waals surface area contributed by atoms with Gasteiger partial charge < -0.3 is 10.2 Å². The van der Waals surface area contributed by atoms with E-state index in [4.69, 9.17) is 10.2 Å². The molecule has 158 valence electrons. The number of rotatable bonds is 2. The van der Waals surface area contributed by atoms with Crippen molar-refractivity contribution in [3.05, 3.63) is 91.1 Å². The Morgan fingerprint density at radius 1 is 1.07 bits per heavy atom. The quantitative estimate of drug-likeness (QED) is 0.332. The SMILES string of the molecule is C=C(C)C(=O)O.C=C(C)C(=O)O.C[Si](C)=[Ti+2].[C-]1=CC=CC1.c1ccc2[cH-]ccc2c1. The van der Waals surface area contributed by atoms with E-state index in [0.717, 1.165) is 6.42 Å². The van der Waals surface area contributed by atoms with Crippen LogP contribution in [-0.4, -0.2) is 28.3 Å². The van der Waals surface area contributed by atoms with Crippen molar-refractivity contribution in [1.29, 1.82) is 0 Å². The topological polar surface area (TPSA) is 74.6 Å². The number of carboxylic acids is 2. The molecular weight excluding hydrogens is 428 g/mol. The number of hydrogen-bond donors (Lipinski definition) is 2. The van der Waals surface area contributed by atoms with Crippen LogP contribution in [0, 0.1) is 6.08 Å². The number of carboxylic acid groups (broad SMARTS) is 2. The van der Waals surface area contributed by atoms with Gasteiger partial charge in [-0.2, -0.15) is 23.6 Å². The van der Waals surface area contributed by atoms with Crippen LogP contribution in [0.5, 0.6) is 0 Å². The first kappa shape index (κ1) is 29.9. The molecule has 6 heteroatoms. The molecule has 2 N–H and O–H groups in total. The third-order valence-electron chi connectivity index (χ3n) is 2.86. The van der Waals surface area contributed by atoms with Gasteiger partial charge in [0.2, 0.25) is 0 Å². The van der Waals surface area contributed by atoms with Crippen molar-refractivity contribution >= 4 is 28.9 Å². The zero-order chi connectivity index (χ0) is 23.5. The fourth-order valence-corrected chi connectivity index (χ4v) is 1.41. The second kappa shape index (κ2) is 18.7. The van der Waals surface area contributed by atoms with E-state index < -0.39 is 11.9 Å². The van der Waals surface area contributed by atoms with Crippen LogP contribution >= 0.6 is 0 Å². The summed E-state index contributed by atoms with van der Waals surface area (Å²) in [6, 6.07) is 14.7. The number of fused-ring (bicyclic) bond motifs is 1. The maximum atomic E-state index is 9.60. The van der Waals surface area contributed by atoms with Gasteiger partial charge in [-0.1, -0.05) is 19.2 Å². The Kier molecular flexibility index (Phi) is 18.6. The molecule has 0 aliphatic heterocycles. The normalized spacial score (nSPS) is 9.93. The number of hydrogen-bond acceptors (Lipinski definition) is 2. The summed E-state index contributed by atoms with van der Waals surface area (Å²) in [7, 11) is 0. The van der Waals surface area contributed by atoms with Crippen molar-refractivity contribution in [1.82, 2.24) is 0 Å². The molecule has 0 fully saturated rings. The van der Waals surface area contributed by atoms with Crippen LogP contribution in [0.3, 0.4) is 0 Å². The predicted molar refractivity (Wildman–Crippen MR) is 123 cm³/mol. The molecule has 0 unspecified atom stereocenters. The van der Waals surface area contributed by atoms with Gasteiger partial charge in [0.15, 0.2) is 0 Å². The van der Waals surface area contributed by atoms with Gasteiger partial charge in [0, 0.05) is 11.1 Å². The standard InChI is InChI=1S/C9H7.C5H5.2C4H6O2.C2H6Si.Ti/c1-2-5-9-7-3-6-8(9)4-1;1-2-4-5-3-1;2*1-3(2)4(5)6;1-3-2;/h1-7H;1-3H,4H2;2*1H2,2H3,(H,5,6);1-2H3;/q2*-1;;;;+2. The van der Waals surface area contributed by atoms with E-state index in [2.05, 4.69) is 100 Å². The molecule has 0 amide bonds. The summed E-state index contributed by atoms with van der Waals surface area (Å²) in [5, 5.41) is 18.4. The van der Waals surface area contributed by atoms with Crippen LogP contribution in [0.2, 0.25) is 13.1 Å². The minimum Gasteiger partial charge on any atom is -0.273 e. The maximum Gasteiger partial charge on any atom is -0.0809 e. The number of benzene rings is 1. The number of aliphatic carboxylic acids is 2. The summed E-state index contributed by atoms with van der Waals surface area (Å²) < 4.78 is 0. The second-order valence-corrected chi connectivity index (χ2v) is 13.0. The Morgan fingerprint density at radius 2 is 1.53 bits per heavy atom. The Balaban J connectivity index is 0. The van der Waals surface area contributed by atoms with E-state index in [9.17, 15) is 9.59 Å². The molecule has 4 nitrogen and oxygen atoms in total. The Bertz CT molecular complexity index is 799. The summed E-state index contributed by atoms with van der Waals surface area (Å²) >= 11 is 2.27. The van der Waals surface area contributed by atoms with Gasteiger partial charge in [-0.05, 0) is 13.8 Å². The van der Waals surface area contributed by atoms with Crippen molar-refractivity contribution in [3.63, 3.8) is 0 Å². The monoisotopic (exact) mass is 458 g/mol. The summed E-state index contributed by atoms with van der Waals surface area (Å²) in [4.78, 5) is 19.2. The Morgan fingerprint density at radius 3 is 1.83 bits per heavy atom. The summed E-state index contributed by atoms with van der Waals surface area (Å²) in [5.74, 6) is -1.87. The van der Waals surface area contributed by atoms with E-state index in [1.54, 1.807) is 0 Å². The van der Waals surface area contributed by atoms with Crippen molar-refractivity contribution in [2.45, 2.75) is 33.4 Å². The molecule has 0 saturated heterocycles. The van der Waals surface area contributed by atoms with Crippen LogP contribution in [0.15, 0.2) is 85.0 Å². The first-order valence-corrected chi connectivity index (χ1v) is 13.9. The molecule has 0 aromatic heterocycles. The molecule has 30 heavy (non-hydrogen) atoms. The molecule has 0 saturated carbocycles.